The summed E-state index contributed by atoms with van der Waals surface area (Å²) in [5, 5.41) is 14.4. The van der Waals surface area contributed by atoms with Crippen molar-refractivity contribution in [2.24, 2.45) is 0 Å². The number of pyridine rings is 1. The zero-order valence-corrected chi connectivity index (χ0v) is 34.0. The summed E-state index contributed by atoms with van der Waals surface area (Å²) in [5.41, 5.74) is 12.4. The largest absolute Gasteiger partial charge is 2.00 e. The average Bonchev–Trinajstić information content (AvgIpc) is 3.90. The second-order valence-electron chi connectivity index (χ2n) is 15.2. The second kappa shape index (κ2) is 14.4. The molecule has 0 aliphatic rings. The van der Waals surface area contributed by atoms with Crippen LogP contribution in [0.1, 0.15) is 56.2 Å². The van der Waals surface area contributed by atoms with Gasteiger partial charge in [-0.1, -0.05) is 112 Å². The van der Waals surface area contributed by atoms with Gasteiger partial charge >= 0.3 is 20.4 Å². The first-order chi connectivity index (χ1) is 27.4. The van der Waals surface area contributed by atoms with Crippen LogP contribution in [0.2, 0.25) is 0 Å². The number of aryl methyl sites for hydroxylation is 1. The van der Waals surface area contributed by atoms with E-state index in [-0.39, 0.29) is 32.3 Å². The molecule has 0 amide bonds. The van der Waals surface area contributed by atoms with Gasteiger partial charge in [0.1, 0.15) is 11.3 Å². The summed E-state index contributed by atoms with van der Waals surface area (Å²) in [5.74, 6) is 2.13. The van der Waals surface area contributed by atoms with Crippen LogP contribution in [0.15, 0.2) is 140 Å². The molecule has 10 aromatic rings. The molecule has 4 aromatic heterocycles. The van der Waals surface area contributed by atoms with E-state index in [1.807, 2.05) is 12.1 Å². The van der Waals surface area contributed by atoms with Gasteiger partial charge in [0.15, 0.2) is 5.82 Å². The van der Waals surface area contributed by atoms with Gasteiger partial charge in [0.2, 0.25) is 0 Å². The minimum Gasteiger partial charge on any atom is -0.318 e. The molecule has 0 saturated carbocycles. The molecule has 0 fully saturated rings. The van der Waals surface area contributed by atoms with Crippen molar-refractivity contribution in [1.29, 1.82) is 0 Å². The van der Waals surface area contributed by atoms with Crippen LogP contribution in [-0.4, -0.2) is 28.9 Å². The van der Waals surface area contributed by atoms with Crippen molar-refractivity contribution in [2.75, 3.05) is 0 Å². The molecular weight excluding hydrogens is 791 g/mol. The molecule has 6 aromatic carbocycles. The van der Waals surface area contributed by atoms with Crippen LogP contribution in [0.25, 0.3) is 83.7 Å². The fraction of sp³-hybridized carbons (Fsp3) is 0.140. The SMILES string of the molecule is Cc1ccccc1-c1nnc(-c2[c-]c(-n3c4ccccc4c4cc5c6ccccc6n(-c6[c-]cccc6)c5nc43)ccc2)n1-c1c(C(C)C)cccc1C(C)C.[Pd+2]. The summed E-state index contributed by atoms with van der Waals surface area (Å²) in [6, 6.07) is 56.2. The van der Waals surface area contributed by atoms with E-state index in [0.717, 1.165) is 89.3 Å². The summed E-state index contributed by atoms with van der Waals surface area (Å²) in [6.45, 7) is 11.2. The van der Waals surface area contributed by atoms with Gasteiger partial charge in [-0.25, -0.2) is 4.98 Å². The smallest absolute Gasteiger partial charge is 0.318 e. The molecule has 0 bridgehead atoms. The number of nitrogens with zero attached hydrogens (tertiary/aromatic N) is 6. The van der Waals surface area contributed by atoms with Gasteiger partial charge in [-0.3, -0.25) is 0 Å². The Labute approximate surface area is 346 Å². The monoisotopic (exact) mass is 830 g/mol. The molecule has 4 heterocycles. The molecule has 280 valence electrons. The number of benzene rings is 6. The Morgan fingerprint density at radius 2 is 1.09 bits per heavy atom. The molecule has 0 aliphatic carbocycles. The fourth-order valence-electron chi connectivity index (χ4n) is 8.42. The minimum absolute atomic E-state index is 0. The first-order valence-electron chi connectivity index (χ1n) is 19.4. The Bertz CT molecular complexity index is 3090. The van der Waals surface area contributed by atoms with E-state index >= 15 is 0 Å². The van der Waals surface area contributed by atoms with Crippen LogP contribution in [0.3, 0.4) is 0 Å². The predicted molar refractivity (Wildman–Crippen MR) is 229 cm³/mol. The summed E-state index contributed by atoms with van der Waals surface area (Å²) >= 11 is 0. The minimum atomic E-state index is 0. The quantitative estimate of drug-likeness (QED) is 0.119. The van der Waals surface area contributed by atoms with Crippen molar-refractivity contribution in [1.82, 2.24) is 28.9 Å². The predicted octanol–water partition coefficient (Wildman–Crippen LogP) is 12.3. The van der Waals surface area contributed by atoms with Gasteiger partial charge < -0.3 is 13.7 Å². The van der Waals surface area contributed by atoms with Gasteiger partial charge in [0.25, 0.3) is 0 Å². The molecule has 7 heteroatoms. The van der Waals surface area contributed by atoms with Gasteiger partial charge in [-0.05, 0) is 59.3 Å². The molecule has 0 spiro atoms. The van der Waals surface area contributed by atoms with E-state index < -0.39 is 0 Å². The standard InChI is InChI=1S/C50H40N6.Pd/c1-31(2)37-25-16-26-38(32(3)4)46(37)56-47(52-53-50(56)39-22-10-9-17-33(39)5)34-18-15-21-36(29-34)55-45-28-14-12-24-41(45)43-30-42-40-23-11-13-27-44(40)54(48(42)51-49(43)55)35-19-7-6-8-20-35;/h6-19,21-28,30-32H,1-5H3;/q-2;+2. The van der Waals surface area contributed by atoms with Crippen molar-refractivity contribution < 1.29 is 20.4 Å². The first kappa shape index (κ1) is 36.5. The van der Waals surface area contributed by atoms with E-state index in [1.54, 1.807) is 0 Å². The number of hydrogen-bond donors (Lipinski definition) is 0. The number of para-hydroxylation sites is 4. The molecule has 0 N–H and O–H groups in total. The third-order valence-corrected chi connectivity index (χ3v) is 11.1. The van der Waals surface area contributed by atoms with Crippen LogP contribution in [0.4, 0.5) is 0 Å². The van der Waals surface area contributed by atoms with Crippen molar-refractivity contribution in [3.8, 4) is 39.8 Å². The van der Waals surface area contributed by atoms with Gasteiger partial charge in [0, 0.05) is 32.8 Å². The van der Waals surface area contributed by atoms with Gasteiger partial charge in [-0.2, -0.15) is 29.4 Å². The zero-order valence-electron chi connectivity index (χ0n) is 32.4. The summed E-state index contributed by atoms with van der Waals surface area (Å²) < 4.78 is 6.75. The Morgan fingerprint density at radius 1 is 0.526 bits per heavy atom. The molecule has 0 radical (unpaired) electrons. The number of hydrogen-bond acceptors (Lipinski definition) is 3. The van der Waals surface area contributed by atoms with Crippen LogP contribution >= 0.6 is 0 Å². The average molecular weight is 831 g/mol. The molecular formula is C50H40N6Pd. The van der Waals surface area contributed by atoms with Crippen LogP contribution in [0.5, 0.6) is 0 Å². The number of aromatic nitrogens is 6. The fourth-order valence-corrected chi connectivity index (χ4v) is 8.42. The third-order valence-electron chi connectivity index (χ3n) is 11.1. The summed E-state index contributed by atoms with van der Waals surface area (Å²) in [4.78, 5) is 5.54. The number of fused-ring (bicyclic) bond motifs is 6. The van der Waals surface area contributed by atoms with Crippen LogP contribution < -0.4 is 0 Å². The molecule has 0 saturated heterocycles. The maximum Gasteiger partial charge on any atom is 2.00 e. The van der Waals surface area contributed by atoms with Crippen molar-refractivity contribution >= 4 is 43.9 Å². The maximum absolute atomic E-state index is 5.54. The van der Waals surface area contributed by atoms with Crippen molar-refractivity contribution in [3.63, 3.8) is 0 Å². The van der Waals surface area contributed by atoms with E-state index in [0.29, 0.717) is 0 Å². The van der Waals surface area contributed by atoms with Gasteiger partial charge in [-0.15, -0.1) is 41.0 Å². The Morgan fingerprint density at radius 3 is 1.72 bits per heavy atom. The Hall–Kier alpha value is -6.13. The third kappa shape index (κ3) is 5.84. The van der Waals surface area contributed by atoms with E-state index in [4.69, 9.17) is 15.2 Å². The van der Waals surface area contributed by atoms with Crippen LogP contribution in [-0.2, 0) is 20.4 Å². The van der Waals surface area contributed by atoms with Gasteiger partial charge in [0.05, 0.1) is 16.9 Å². The molecule has 10 rings (SSSR count). The van der Waals surface area contributed by atoms with Crippen molar-refractivity contribution in [3.05, 3.63) is 168 Å². The van der Waals surface area contributed by atoms with E-state index in [1.165, 1.54) is 11.1 Å². The summed E-state index contributed by atoms with van der Waals surface area (Å²) in [7, 11) is 0. The molecule has 0 atom stereocenters. The topological polar surface area (TPSA) is 53.5 Å². The van der Waals surface area contributed by atoms with Crippen LogP contribution in [0, 0.1) is 19.1 Å². The normalized spacial score (nSPS) is 11.8. The Balaban J connectivity index is 0.00000422. The number of rotatable bonds is 7. The van der Waals surface area contributed by atoms with E-state index in [2.05, 4.69) is 188 Å². The second-order valence-corrected chi connectivity index (χ2v) is 15.2. The van der Waals surface area contributed by atoms with E-state index in [9.17, 15) is 0 Å². The zero-order chi connectivity index (χ0) is 38.1. The molecule has 0 unspecified atom stereocenters. The maximum atomic E-state index is 5.54. The molecule has 0 aliphatic heterocycles. The Kier molecular flexibility index (Phi) is 9.24. The first-order valence-corrected chi connectivity index (χ1v) is 19.4. The molecule has 57 heavy (non-hydrogen) atoms. The summed E-state index contributed by atoms with van der Waals surface area (Å²) in [6.07, 6.45) is 0. The van der Waals surface area contributed by atoms with Crippen molar-refractivity contribution in [2.45, 2.75) is 46.5 Å². The molecule has 6 nitrogen and oxygen atoms in total.